The Bertz CT molecular complexity index is 1090. The van der Waals surface area contributed by atoms with Gasteiger partial charge >= 0.3 is 5.97 Å². The maximum atomic E-state index is 11.0. The van der Waals surface area contributed by atoms with Crippen LogP contribution in [-0.4, -0.2) is 21.8 Å². The predicted octanol–water partition coefficient (Wildman–Crippen LogP) is 5.62. The summed E-state index contributed by atoms with van der Waals surface area (Å²) in [5.74, 6) is -0.893. The normalized spacial score (nSPS) is 11.8. The van der Waals surface area contributed by atoms with Crippen molar-refractivity contribution in [2.24, 2.45) is 5.10 Å². The van der Waals surface area contributed by atoms with E-state index in [0.717, 1.165) is 35.7 Å². The first kappa shape index (κ1) is 16.9. The van der Waals surface area contributed by atoms with Crippen LogP contribution in [0.2, 0.25) is 0 Å². The molecule has 8 heteroatoms. The number of anilines is 1. The lowest BCUT2D eigenvalue weighted by molar-refractivity contribution is 0.0702. The van der Waals surface area contributed by atoms with Crippen molar-refractivity contribution in [1.29, 1.82) is 0 Å². The molecule has 0 atom stereocenters. The highest BCUT2D eigenvalue weighted by atomic mass is 32.1. The minimum Gasteiger partial charge on any atom is -0.477 e. The SMILES string of the molecule is CC(=NNc1nc2ccccc2s1)c1ccc(-c2ccc(C(=O)O)s2)s1. The molecule has 3 heterocycles. The number of carboxylic acids is 1. The number of hydrazone groups is 1. The second-order valence-corrected chi connectivity index (χ2v) is 8.63. The van der Waals surface area contributed by atoms with E-state index in [9.17, 15) is 4.79 Å². The van der Waals surface area contributed by atoms with Crippen molar-refractivity contribution in [3.05, 3.63) is 58.3 Å². The van der Waals surface area contributed by atoms with Gasteiger partial charge in [0, 0.05) is 9.75 Å². The number of aromatic carboxylic acids is 1. The number of hydrogen-bond acceptors (Lipinski definition) is 7. The molecule has 0 radical (unpaired) electrons. The lowest BCUT2D eigenvalue weighted by Crippen LogP contribution is -1.96. The third-order valence-electron chi connectivity index (χ3n) is 3.64. The Hall–Kier alpha value is -2.55. The van der Waals surface area contributed by atoms with E-state index in [1.807, 2.05) is 49.4 Å². The summed E-state index contributed by atoms with van der Waals surface area (Å²) in [6.45, 7) is 1.94. The lowest BCUT2D eigenvalue weighted by Gasteiger charge is -1.97. The molecule has 0 saturated heterocycles. The Morgan fingerprint density at radius 3 is 2.38 bits per heavy atom. The zero-order chi connectivity index (χ0) is 18.1. The minimum atomic E-state index is -0.893. The molecular weight excluding hydrogens is 386 g/mol. The van der Waals surface area contributed by atoms with Gasteiger partial charge in [-0.3, -0.25) is 5.43 Å². The molecule has 1 aromatic carbocycles. The molecule has 2 N–H and O–H groups in total. The van der Waals surface area contributed by atoms with Gasteiger partial charge in [0.25, 0.3) is 0 Å². The number of carbonyl (C=O) groups is 1. The number of rotatable bonds is 5. The zero-order valence-corrected chi connectivity index (χ0v) is 16.0. The van der Waals surface area contributed by atoms with Gasteiger partial charge in [0.05, 0.1) is 20.8 Å². The van der Waals surface area contributed by atoms with Crippen molar-refractivity contribution in [1.82, 2.24) is 4.98 Å². The van der Waals surface area contributed by atoms with E-state index in [-0.39, 0.29) is 0 Å². The van der Waals surface area contributed by atoms with Crippen LogP contribution in [0.15, 0.2) is 53.6 Å². The van der Waals surface area contributed by atoms with E-state index < -0.39 is 5.97 Å². The molecule has 4 aromatic rings. The molecule has 26 heavy (non-hydrogen) atoms. The summed E-state index contributed by atoms with van der Waals surface area (Å²) >= 11 is 4.43. The summed E-state index contributed by atoms with van der Waals surface area (Å²) < 4.78 is 1.12. The average Bonchev–Trinajstić information content (AvgIpc) is 3.37. The van der Waals surface area contributed by atoms with Crippen molar-refractivity contribution in [3.63, 3.8) is 0 Å². The Kier molecular flexibility index (Phi) is 4.54. The van der Waals surface area contributed by atoms with Crippen LogP contribution in [0.5, 0.6) is 0 Å². The molecule has 0 saturated carbocycles. The highest BCUT2D eigenvalue weighted by Gasteiger charge is 2.11. The van der Waals surface area contributed by atoms with Gasteiger partial charge < -0.3 is 5.11 Å². The highest BCUT2D eigenvalue weighted by Crippen LogP contribution is 2.34. The van der Waals surface area contributed by atoms with Crippen LogP contribution < -0.4 is 5.43 Å². The van der Waals surface area contributed by atoms with Gasteiger partial charge in [-0.1, -0.05) is 23.5 Å². The first-order valence-electron chi connectivity index (χ1n) is 7.70. The molecule has 0 amide bonds. The van der Waals surface area contributed by atoms with Gasteiger partial charge in [-0.15, -0.1) is 22.7 Å². The smallest absolute Gasteiger partial charge is 0.345 e. The molecule has 3 aromatic heterocycles. The number of nitrogens with zero attached hydrogens (tertiary/aromatic N) is 2. The Balaban J connectivity index is 1.52. The number of thiophene rings is 2. The van der Waals surface area contributed by atoms with E-state index in [1.54, 1.807) is 28.7 Å². The summed E-state index contributed by atoms with van der Waals surface area (Å²) in [5.41, 5.74) is 4.84. The number of aromatic nitrogens is 1. The van der Waals surface area contributed by atoms with Gasteiger partial charge in [0.15, 0.2) is 0 Å². The summed E-state index contributed by atoms with van der Waals surface area (Å²) in [7, 11) is 0. The first-order chi connectivity index (χ1) is 12.6. The highest BCUT2D eigenvalue weighted by molar-refractivity contribution is 7.24. The van der Waals surface area contributed by atoms with Crippen LogP contribution in [0, 0.1) is 0 Å². The second kappa shape index (κ2) is 6.99. The van der Waals surface area contributed by atoms with E-state index in [1.165, 1.54) is 11.3 Å². The molecule has 0 aliphatic carbocycles. The number of carboxylic acid groups (broad SMARTS) is 1. The van der Waals surface area contributed by atoms with Crippen molar-refractivity contribution < 1.29 is 9.90 Å². The Morgan fingerprint density at radius 2 is 1.69 bits per heavy atom. The Morgan fingerprint density at radius 1 is 1.00 bits per heavy atom. The molecule has 0 fully saturated rings. The standard InChI is InChI=1S/C18H13N3O2S3/c1-10(20-21-18-19-11-4-2-3-5-13(11)26-18)12-6-7-14(24-12)15-8-9-16(25-15)17(22)23/h2-9H,1H3,(H,19,21)(H,22,23). The van der Waals surface area contributed by atoms with Gasteiger partial charge in [-0.05, 0) is 43.3 Å². The number of benzene rings is 1. The fraction of sp³-hybridized carbons (Fsp3) is 0.0556. The van der Waals surface area contributed by atoms with Gasteiger partial charge in [-0.25, -0.2) is 9.78 Å². The summed E-state index contributed by atoms with van der Waals surface area (Å²) in [6, 6.07) is 15.4. The van der Waals surface area contributed by atoms with Crippen LogP contribution in [-0.2, 0) is 0 Å². The van der Waals surface area contributed by atoms with Crippen molar-refractivity contribution in [2.75, 3.05) is 5.43 Å². The van der Waals surface area contributed by atoms with Crippen LogP contribution in [0.4, 0.5) is 5.13 Å². The third-order valence-corrected chi connectivity index (χ3v) is 7.04. The number of thiazole rings is 1. The molecule has 130 valence electrons. The molecule has 0 bridgehead atoms. The predicted molar refractivity (Wildman–Crippen MR) is 110 cm³/mol. The maximum absolute atomic E-state index is 11.0. The van der Waals surface area contributed by atoms with Crippen molar-refractivity contribution in [2.45, 2.75) is 6.92 Å². The summed E-state index contributed by atoms with van der Waals surface area (Å²) in [4.78, 5) is 18.9. The monoisotopic (exact) mass is 399 g/mol. The van der Waals surface area contributed by atoms with E-state index in [4.69, 9.17) is 5.11 Å². The van der Waals surface area contributed by atoms with Crippen LogP contribution in [0.25, 0.3) is 20.0 Å². The van der Waals surface area contributed by atoms with Gasteiger partial charge in [-0.2, -0.15) is 5.10 Å². The third kappa shape index (κ3) is 3.39. The maximum Gasteiger partial charge on any atom is 0.345 e. The van der Waals surface area contributed by atoms with Crippen molar-refractivity contribution in [3.8, 4) is 9.75 Å². The topological polar surface area (TPSA) is 74.6 Å². The molecule has 4 rings (SSSR count). The average molecular weight is 400 g/mol. The molecular formula is C18H13N3O2S3. The van der Waals surface area contributed by atoms with Crippen LogP contribution in [0.1, 0.15) is 21.5 Å². The second-order valence-electron chi connectivity index (χ2n) is 5.43. The van der Waals surface area contributed by atoms with Crippen LogP contribution in [0.3, 0.4) is 0 Å². The van der Waals surface area contributed by atoms with Gasteiger partial charge in [0.2, 0.25) is 5.13 Å². The number of nitrogens with one attached hydrogen (secondary N) is 1. The largest absolute Gasteiger partial charge is 0.477 e. The quantitative estimate of drug-likeness (QED) is 0.337. The summed E-state index contributed by atoms with van der Waals surface area (Å²) in [5, 5.41) is 14.2. The minimum absolute atomic E-state index is 0.345. The number of fused-ring (bicyclic) bond motifs is 1. The Labute approximate surface area is 161 Å². The lowest BCUT2D eigenvalue weighted by atomic mass is 10.3. The zero-order valence-electron chi connectivity index (χ0n) is 13.6. The van der Waals surface area contributed by atoms with E-state index >= 15 is 0 Å². The first-order valence-corrected chi connectivity index (χ1v) is 10.1. The fourth-order valence-electron chi connectivity index (χ4n) is 2.36. The van der Waals surface area contributed by atoms with E-state index in [2.05, 4.69) is 15.5 Å². The molecule has 5 nitrogen and oxygen atoms in total. The summed E-state index contributed by atoms with van der Waals surface area (Å²) in [6.07, 6.45) is 0. The van der Waals surface area contributed by atoms with E-state index in [0.29, 0.717) is 4.88 Å². The van der Waals surface area contributed by atoms with Gasteiger partial charge in [0.1, 0.15) is 4.88 Å². The fourth-order valence-corrected chi connectivity index (χ4v) is 5.05. The molecule has 0 aliphatic heterocycles. The van der Waals surface area contributed by atoms with Crippen molar-refractivity contribution >= 4 is 61.0 Å². The number of hydrogen-bond donors (Lipinski definition) is 2. The number of para-hydroxylation sites is 1. The molecule has 0 spiro atoms. The molecule has 0 aliphatic rings. The van der Waals surface area contributed by atoms with Crippen LogP contribution >= 0.6 is 34.0 Å². The molecule has 0 unspecified atom stereocenters.